The lowest BCUT2D eigenvalue weighted by molar-refractivity contribution is -0.137. The standard InChI is InChI=1S/C27H24F3N5O/c28-27(29,30)21-7-8-24-20(12-21)13-22(26(36)33-16-18-4-3-9-32-15-18)25-17-34(10-11-35(24)25)23-6-2-1-5-19(23)14-31/h1-9,12,15,22,25H,10-11,13,16-17H2,(H,33,36)/t22-,25-/m0/s1. The highest BCUT2D eigenvalue weighted by molar-refractivity contribution is 5.82. The van der Waals surface area contributed by atoms with E-state index in [1.807, 2.05) is 24.3 Å². The average molecular weight is 492 g/mol. The van der Waals surface area contributed by atoms with Gasteiger partial charge in [0.1, 0.15) is 6.07 Å². The molecule has 1 N–H and O–H groups in total. The Morgan fingerprint density at radius 2 is 1.94 bits per heavy atom. The lowest BCUT2D eigenvalue weighted by Crippen LogP contribution is -2.61. The fourth-order valence-electron chi connectivity index (χ4n) is 5.19. The zero-order valence-corrected chi connectivity index (χ0v) is 19.4. The van der Waals surface area contributed by atoms with Crippen LogP contribution in [0.3, 0.4) is 0 Å². The molecular formula is C27H24F3N5O. The lowest BCUT2D eigenvalue weighted by Gasteiger charge is -2.49. The van der Waals surface area contributed by atoms with E-state index in [0.29, 0.717) is 30.8 Å². The number of hydrogen-bond donors (Lipinski definition) is 1. The SMILES string of the molecule is N#Cc1ccccc1N1CCN2c3ccc(C(F)(F)F)cc3C[C@H](C(=O)NCc3cccnc3)[C@@H]2C1. The van der Waals surface area contributed by atoms with Crippen molar-refractivity contribution in [1.82, 2.24) is 10.3 Å². The van der Waals surface area contributed by atoms with Gasteiger partial charge >= 0.3 is 6.18 Å². The van der Waals surface area contributed by atoms with Crippen molar-refractivity contribution in [3.05, 3.63) is 89.2 Å². The van der Waals surface area contributed by atoms with Crippen LogP contribution in [0.1, 0.15) is 22.3 Å². The van der Waals surface area contributed by atoms with Crippen LogP contribution in [0, 0.1) is 17.2 Å². The molecule has 6 nitrogen and oxygen atoms in total. The van der Waals surface area contributed by atoms with Crippen LogP contribution in [0.15, 0.2) is 67.0 Å². The van der Waals surface area contributed by atoms with E-state index >= 15 is 0 Å². The monoisotopic (exact) mass is 491 g/mol. The molecule has 1 saturated heterocycles. The third-order valence-corrected chi connectivity index (χ3v) is 6.93. The number of amides is 1. The molecule has 2 aromatic carbocycles. The van der Waals surface area contributed by atoms with E-state index in [1.54, 1.807) is 24.5 Å². The third kappa shape index (κ3) is 4.59. The zero-order chi connectivity index (χ0) is 25.3. The quantitative estimate of drug-likeness (QED) is 0.594. The molecule has 2 atom stereocenters. The van der Waals surface area contributed by atoms with E-state index in [2.05, 4.69) is 26.2 Å². The van der Waals surface area contributed by atoms with Crippen molar-refractivity contribution in [2.24, 2.45) is 5.92 Å². The number of alkyl halides is 3. The number of carbonyl (C=O) groups is 1. The summed E-state index contributed by atoms with van der Waals surface area (Å²) in [7, 11) is 0. The number of nitrogens with one attached hydrogen (secondary N) is 1. The van der Waals surface area contributed by atoms with Gasteiger partial charge < -0.3 is 15.1 Å². The molecular weight excluding hydrogens is 467 g/mol. The molecule has 9 heteroatoms. The Labute approximate surface area is 207 Å². The normalized spacial score (nSPS) is 19.2. The smallest absolute Gasteiger partial charge is 0.367 e. The molecule has 2 aliphatic rings. The van der Waals surface area contributed by atoms with Gasteiger partial charge in [0.25, 0.3) is 0 Å². The van der Waals surface area contributed by atoms with Gasteiger partial charge in [0.2, 0.25) is 5.91 Å². The minimum Gasteiger partial charge on any atom is -0.367 e. The van der Waals surface area contributed by atoms with Crippen molar-refractivity contribution in [2.75, 3.05) is 29.4 Å². The van der Waals surface area contributed by atoms with Crippen LogP contribution < -0.4 is 15.1 Å². The summed E-state index contributed by atoms with van der Waals surface area (Å²) in [5.74, 6) is -0.776. The van der Waals surface area contributed by atoms with Crippen molar-refractivity contribution in [2.45, 2.75) is 25.2 Å². The van der Waals surface area contributed by atoms with Gasteiger partial charge in [0.15, 0.2) is 0 Å². The first-order chi connectivity index (χ1) is 17.3. The van der Waals surface area contributed by atoms with Gasteiger partial charge in [-0.15, -0.1) is 0 Å². The molecule has 0 bridgehead atoms. The van der Waals surface area contributed by atoms with Crippen molar-refractivity contribution in [3.63, 3.8) is 0 Å². The van der Waals surface area contributed by atoms with Crippen molar-refractivity contribution in [3.8, 4) is 6.07 Å². The largest absolute Gasteiger partial charge is 0.416 e. The molecule has 0 aliphatic carbocycles. The fraction of sp³-hybridized carbons (Fsp3) is 0.296. The molecule has 0 unspecified atom stereocenters. The second kappa shape index (κ2) is 9.53. The number of aromatic nitrogens is 1. The Kier molecular flexibility index (Phi) is 6.27. The van der Waals surface area contributed by atoms with E-state index in [9.17, 15) is 23.2 Å². The van der Waals surface area contributed by atoms with Gasteiger partial charge in [-0.25, -0.2) is 0 Å². The molecule has 1 aromatic heterocycles. The molecule has 0 radical (unpaired) electrons. The van der Waals surface area contributed by atoms with E-state index in [1.165, 1.54) is 12.1 Å². The predicted molar refractivity (Wildman–Crippen MR) is 129 cm³/mol. The van der Waals surface area contributed by atoms with Crippen LogP contribution in [0.2, 0.25) is 0 Å². The maximum absolute atomic E-state index is 13.4. The summed E-state index contributed by atoms with van der Waals surface area (Å²) in [6.45, 7) is 1.87. The van der Waals surface area contributed by atoms with E-state index in [-0.39, 0.29) is 24.9 Å². The number of hydrogen-bond acceptors (Lipinski definition) is 5. The van der Waals surface area contributed by atoms with Gasteiger partial charge in [-0.1, -0.05) is 18.2 Å². The van der Waals surface area contributed by atoms with Crippen LogP contribution in [-0.2, 0) is 23.9 Å². The molecule has 1 amide bonds. The molecule has 3 heterocycles. The minimum atomic E-state index is -4.45. The number of anilines is 2. The van der Waals surface area contributed by atoms with Crippen LogP contribution >= 0.6 is 0 Å². The Balaban J connectivity index is 1.46. The van der Waals surface area contributed by atoms with Crippen molar-refractivity contribution in [1.29, 1.82) is 5.26 Å². The Bertz CT molecular complexity index is 1300. The molecule has 2 aliphatic heterocycles. The maximum Gasteiger partial charge on any atom is 0.416 e. The number of nitrogens with zero attached hydrogens (tertiary/aromatic N) is 4. The predicted octanol–water partition coefficient (Wildman–Crippen LogP) is 4.16. The van der Waals surface area contributed by atoms with Gasteiger partial charge in [-0.2, -0.15) is 18.4 Å². The molecule has 0 saturated carbocycles. The Morgan fingerprint density at radius 3 is 2.69 bits per heavy atom. The van der Waals surface area contributed by atoms with Crippen LogP contribution in [0.5, 0.6) is 0 Å². The van der Waals surface area contributed by atoms with E-state index in [0.717, 1.165) is 23.0 Å². The zero-order valence-electron chi connectivity index (χ0n) is 19.4. The topological polar surface area (TPSA) is 72.3 Å². The van der Waals surface area contributed by atoms with Gasteiger partial charge in [0.05, 0.1) is 28.8 Å². The highest BCUT2D eigenvalue weighted by atomic mass is 19.4. The maximum atomic E-state index is 13.4. The average Bonchev–Trinajstić information content (AvgIpc) is 2.90. The summed E-state index contributed by atoms with van der Waals surface area (Å²) in [5, 5.41) is 12.5. The van der Waals surface area contributed by atoms with Crippen molar-refractivity contribution < 1.29 is 18.0 Å². The Morgan fingerprint density at radius 1 is 1.11 bits per heavy atom. The molecule has 184 valence electrons. The summed E-state index contributed by atoms with van der Waals surface area (Å²) < 4.78 is 40.3. The molecule has 5 rings (SSSR count). The van der Waals surface area contributed by atoms with Gasteiger partial charge in [-0.3, -0.25) is 9.78 Å². The summed E-state index contributed by atoms with van der Waals surface area (Å²) in [6, 6.07) is 16.7. The summed E-state index contributed by atoms with van der Waals surface area (Å²) in [5.41, 5.74) is 2.73. The number of rotatable bonds is 4. The number of pyridine rings is 1. The first-order valence-electron chi connectivity index (χ1n) is 11.7. The fourth-order valence-corrected chi connectivity index (χ4v) is 5.19. The molecule has 3 aromatic rings. The first kappa shape index (κ1) is 23.7. The summed E-state index contributed by atoms with van der Waals surface area (Å²) in [6.07, 6.45) is -0.939. The van der Waals surface area contributed by atoms with Gasteiger partial charge in [0, 0.05) is 44.3 Å². The van der Waals surface area contributed by atoms with Crippen LogP contribution in [-0.4, -0.2) is 36.6 Å². The molecule has 0 spiro atoms. The highest BCUT2D eigenvalue weighted by Crippen LogP contribution is 2.40. The Hall–Kier alpha value is -4.06. The number of nitriles is 1. The third-order valence-electron chi connectivity index (χ3n) is 6.93. The summed E-state index contributed by atoms with van der Waals surface area (Å²) >= 11 is 0. The number of fused-ring (bicyclic) bond motifs is 3. The second-order valence-electron chi connectivity index (χ2n) is 9.07. The van der Waals surface area contributed by atoms with Crippen LogP contribution in [0.25, 0.3) is 0 Å². The highest BCUT2D eigenvalue weighted by Gasteiger charge is 2.43. The second-order valence-corrected chi connectivity index (χ2v) is 9.07. The van der Waals surface area contributed by atoms with E-state index in [4.69, 9.17) is 0 Å². The minimum absolute atomic E-state index is 0.201. The first-order valence-corrected chi connectivity index (χ1v) is 11.7. The number of para-hydroxylation sites is 1. The van der Waals surface area contributed by atoms with Crippen LogP contribution in [0.4, 0.5) is 24.5 Å². The van der Waals surface area contributed by atoms with Gasteiger partial charge in [-0.05, 0) is 53.9 Å². The molecule has 1 fully saturated rings. The van der Waals surface area contributed by atoms with Crippen molar-refractivity contribution >= 4 is 17.3 Å². The number of benzene rings is 2. The molecule has 36 heavy (non-hydrogen) atoms. The van der Waals surface area contributed by atoms with E-state index < -0.39 is 17.7 Å². The number of piperazine rings is 1. The summed E-state index contributed by atoms with van der Waals surface area (Å²) in [4.78, 5) is 21.6. The number of carbonyl (C=O) groups excluding carboxylic acids is 1. The lowest BCUT2D eigenvalue weighted by atomic mass is 9.82. The number of halogens is 3.